The van der Waals surface area contributed by atoms with Gasteiger partial charge in [0, 0.05) is 25.2 Å². The number of benzene rings is 1. The average molecular weight is 435 g/mol. The quantitative estimate of drug-likeness (QED) is 0.680. The molecule has 0 unspecified atom stereocenters. The fraction of sp³-hybridized carbons (Fsp3) is 0.667. The van der Waals surface area contributed by atoms with E-state index < -0.39 is 5.60 Å². The van der Waals surface area contributed by atoms with Gasteiger partial charge in [-0.1, -0.05) is 30.3 Å². The minimum atomic E-state index is -0.599. The Kier molecular flexibility index (Phi) is 9.16. The molecule has 1 heterocycles. The van der Waals surface area contributed by atoms with Crippen molar-refractivity contribution in [3.63, 3.8) is 0 Å². The zero-order valence-electron chi connectivity index (χ0n) is 19.5. The molecule has 0 aromatic heterocycles. The normalized spacial score (nSPS) is 19.3. The molecule has 1 N–H and O–H groups in total. The van der Waals surface area contributed by atoms with E-state index in [-0.39, 0.29) is 43.5 Å². The second kappa shape index (κ2) is 11.4. The smallest absolute Gasteiger partial charge is 0.410 e. The molecule has 0 spiro atoms. The number of hydrogen-bond acceptors (Lipinski definition) is 5. The highest BCUT2D eigenvalue weighted by Gasteiger charge is 2.38. The van der Waals surface area contributed by atoms with E-state index in [0.29, 0.717) is 19.4 Å². The molecule has 1 aromatic carbocycles. The lowest BCUT2D eigenvalue weighted by atomic mass is 9.94. The molecule has 2 amide bonds. The van der Waals surface area contributed by atoms with Crippen LogP contribution in [-0.4, -0.2) is 64.0 Å². The molecule has 1 aliphatic heterocycles. The number of carbonyl (C=O) groups excluding carboxylic acids is 2. The van der Waals surface area contributed by atoms with Crippen molar-refractivity contribution in [1.82, 2.24) is 9.80 Å². The summed E-state index contributed by atoms with van der Waals surface area (Å²) in [6, 6.07) is 9.36. The van der Waals surface area contributed by atoms with Crippen LogP contribution in [0.2, 0.25) is 0 Å². The van der Waals surface area contributed by atoms with Crippen LogP contribution in [0.4, 0.5) is 9.59 Å². The lowest BCUT2D eigenvalue weighted by Crippen LogP contribution is -2.57. The van der Waals surface area contributed by atoms with E-state index >= 15 is 0 Å². The van der Waals surface area contributed by atoms with Crippen LogP contribution in [0.1, 0.15) is 65.9 Å². The van der Waals surface area contributed by atoms with Gasteiger partial charge in [0.25, 0.3) is 0 Å². The van der Waals surface area contributed by atoms with Gasteiger partial charge in [0.05, 0.1) is 6.04 Å². The topological polar surface area (TPSA) is 79.3 Å². The molecule has 7 nitrogen and oxygen atoms in total. The number of aliphatic hydroxyl groups excluding tert-OH is 1. The highest BCUT2D eigenvalue weighted by molar-refractivity contribution is 5.70. The van der Waals surface area contributed by atoms with Crippen molar-refractivity contribution in [3.05, 3.63) is 35.9 Å². The van der Waals surface area contributed by atoms with E-state index in [9.17, 15) is 14.7 Å². The molecular weight excluding hydrogens is 396 g/mol. The first-order valence-corrected chi connectivity index (χ1v) is 11.2. The maximum Gasteiger partial charge on any atom is 0.410 e. The van der Waals surface area contributed by atoms with E-state index in [4.69, 9.17) is 9.47 Å². The van der Waals surface area contributed by atoms with Gasteiger partial charge in [0.15, 0.2) is 0 Å². The van der Waals surface area contributed by atoms with Crippen molar-refractivity contribution in [2.45, 2.75) is 90.6 Å². The molecular formula is C24H38N2O5. The monoisotopic (exact) mass is 434 g/mol. The number of piperidine rings is 1. The molecule has 2 rings (SSSR count). The number of hydrogen-bond donors (Lipinski definition) is 1. The predicted octanol–water partition coefficient (Wildman–Crippen LogP) is 4.57. The Labute approximate surface area is 186 Å². The molecule has 1 fully saturated rings. The summed E-state index contributed by atoms with van der Waals surface area (Å²) in [5.74, 6) is 0. The summed E-state index contributed by atoms with van der Waals surface area (Å²) >= 11 is 0. The SMILES string of the molecule is CC(C)N(C(=O)OCc1ccccc1)[C@@H]1CC[C@H](CCCO)N(C(=O)OC(C)(C)C)C1. The highest BCUT2D eigenvalue weighted by atomic mass is 16.6. The Balaban J connectivity index is 2.11. The van der Waals surface area contributed by atoms with Crippen molar-refractivity contribution >= 4 is 12.2 Å². The van der Waals surface area contributed by atoms with Gasteiger partial charge < -0.3 is 24.4 Å². The molecule has 1 aliphatic rings. The summed E-state index contributed by atoms with van der Waals surface area (Å²) in [7, 11) is 0. The molecule has 0 aliphatic carbocycles. The molecule has 1 saturated heterocycles. The Bertz CT molecular complexity index is 702. The second-order valence-electron chi connectivity index (χ2n) is 9.42. The van der Waals surface area contributed by atoms with Gasteiger partial charge in [-0.2, -0.15) is 0 Å². The van der Waals surface area contributed by atoms with Crippen molar-refractivity contribution < 1.29 is 24.2 Å². The van der Waals surface area contributed by atoms with Gasteiger partial charge >= 0.3 is 12.2 Å². The van der Waals surface area contributed by atoms with Gasteiger partial charge in [0.1, 0.15) is 12.2 Å². The standard InChI is InChI=1S/C24H38N2O5/c1-18(2)26(23(29)30-17-19-10-7-6-8-11-19)21-14-13-20(12-9-15-27)25(16-21)22(28)31-24(3,4)5/h6-8,10-11,18,20-21,27H,9,12-17H2,1-5H3/t20-,21+/m0/s1. The first-order valence-electron chi connectivity index (χ1n) is 11.2. The zero-order chi connectivity index (χ0) is 23.0. The lowest BCUT2D eigenvalue weighted by Gasteiger charge is -2.44. The molecule has 0 saturated carbocycles. The third-order valence-electron chi connectivity index (χ3n) is 5.37. The Hall–Kier alpha value is -2.28. The minimum absolute atomic E-state index is 0.00685. The van der Waals surface area contributed by atoms with Crippen molar-refractivity contribution in [1.29, 1.82) is 0 Å². The van der Waals surface area contributed by atoms with E-state index in [1.807, 2.05) is 65.0 Å². The maximum absolute atomic E-state index is 13.0. The first kappa shape index (κ1) is 25.0. The number of ether oxygens (including phenoxy) is 2. The lowest BCUT2D eigenvalue weighted by molar-refractivity contribution is -0.0117. The summed E-state index contributed by atoms with van der Waals surface area (Å²) < 4.78 is 11.2. The number of nitrogens with zero attached hydrogens (tertiary/aromatic N) is 2. The number of rotatable bonds is 7. The van der Waals surface area contributed by atoms with E-state index in [0.717, 1.165) is 18.4 Å². The minimum Gasteiger partial charge on any atom is -0.445 e. The van der Waals surface area contributed by atoms with Gasteiger partial charge in [0.2, 0.25) is 0 Å². The first-order chi connectivity index (χ1) is 14.6. The Morgan fingerprint density at radius 2 is 1.87 bits per heavy atom. The number of likely N-dealkylation sites (tertiary alicyclic amines) is 1. The third kappa shape index (κ3) is 7.73. The number of carbonyl (C=O) groups is 2. The molecule has 0 bridgehead atoms. The summed E-state index contributed by atoms with van der Waals surface area (Å²) in [6.45, 7) is 10.1. The van der Waals surface area contributed by atoms with Gasteiger partial charge in [-0.05, 0) is 65.9 Å². The fourth-order valence-corrected chi connectivity index (χ4v) is 3.98. The van der Waals surface area contributed by atoms with E-state index in [1.54, 1.807) is 9.80 Å². The zero-order valence-corrected chi connectivity index (χ0v) is 19.5. The van der Waals surface area contributed by atoms with Crippen LogP contribution in [-0.2, 0) is 16.1 Å². The summed E-state index contributed by atoms with van der Waals surface area (Å²) in [6.07, 6.45) is 2.11. The molecule has 174 valence electrons. The molecule has 31 heavy (non-hydrogen) atoms. The van der Waals surface area contributed by atoms with Crippen molar-refractivity contribution in [3.8, 4) is 0 Å². The number of amides is 2. The third-order valence-corrected chi connectivity index (χ3v) is 5.37. The van der Waals surface area contributed by atoms with E-state index in [1.165, 1.54) is 0 Å². The molecule has 7 heteroatoms. The van der Waals surface area contributed by atoms with Gasteiger partial charge in [-0.25, -0.2) is 9.59 Å². The van der Waals surface area contributed by atoms with Gasteiger partial charge in [-0.15, -0.1) is 0 Å². The second-order valence-corrected chi connectivity index (χ2v) is 9.42. The Morgan fingerprint density at radius 3 is 2.45 bits per heavy atom. The van der Waals surface area contributed by atoms with Crippen molar-refractivity contribution in [2.24, 2.45) is 0 Å². The van der Waals surface area contributed by atoms with Crippen LogP contribution >= 0.6 is 0 Å². The van der Waals surface area contributed by atoms with Crippen LogP contribution in [0.3, 0.4) is 0 Å². The molecule has 0 radical (unpaired) electrons. The summed E-state index contributed by atoms with van der Waals surface area (Å²) in [5.41, 5.74) is 0.334. The highest BCUT2D eigenvalue weighted by Crippen LogP contribution is 2.28. The van der Waals surface area contributed by atoms with Gasteiger partial charge in [-0.3, -0.25) is 0 Å². The van der Waals surface area contributed by atoms with E-state index in [2.05, 4.69) is 0 Å². The van der Waals surface area contributed by atoms with Crippen molar-refractivity contribution in [2.75, 3.05) is 13.2 Å². The largest absolute Gasteiger partial charge is 0.445 e. The summed E-state index contributed by atoms with van der Waals surface area (Å²) in [4.78, 5) is 29.3. The van der Waals surface area contributed by atoms with Crippen LogP contribution in [0.15, 0.2) is 30.3 Å². The van der Waals surface area contributed by atoms with Crippen LogP contribution in [0, 0.1) is 0 Å². The maximum atomic E-state index is 13.0. The van der Waals surface area contributed by atoms with Crippen LogP contribution in [0.5, 0.6) is 0 Å². The molecule has 1 aromatic rings. The van der Waals surface area contributed by atoms with Crippen LogP contribution < -0.4 is 0 Å². The number of aliphatic hydroxyl groups is 1. The molecule has 2 atom stereocenters. The average Bonchev–Trinajstić information content (AvgIpc) is 2.70. The Morgan fingerprint density at radius 1 is 1.19 bits per heavy atom. The van der Waals surface area contributed by atoms with Crippen LogP contribution in [0.25, 0.3) is 0 Å². The predicted molar refractivity (Wildman–Crippen MR) is 120 cm³/mol. The summed E-state index contributed by atoms with van der Waals surface area (Å²) in [5, 5.41) is 9.24. The fourth-order valence-electron chi connectivity index (χ4n) is 3.98.